The van der Waals surface area contributed by atoms with Gasteiger partial charge in [0.1, 0.15) is 0 Å². The molecule has 0 aliphatic carbocycles. The number of rotatable bonds is 7. The maximum absolute atomic E-state index is 10.4. The molecule has 0 bridgehead atoms. The summed E-state index contributed by atoms with van der Waals surface area (Å²) in [6.45, 7) is 2.20. The Bertz CT molecular complexity index is 106. The van der Waals surface area contributed by atoms with Crippen LogP contribution < -0.4 is 5.14 Å². The van der Waals surface area contributed by atoms with Crippen molar-refractivity contribution in [2.75, 3.05) is 5.75 Å². The molecule has 0 heterocycles. The molecule has 2 N–H and O–H groups in total. The average Bonchev–Trinajstić information content (AvgIpc) is 1.96. The van der Waals surface area contributed by atoms with Gasteiger partial charge in [0.2, 0.25) is 0 Å². The molecule has 3 heteroatoms. The van der Waals surface area contributed by atoms with Gasteiger partial charge in [-0.15, -0.1) is 0 Å². The molecule has 1 atom stereocenters. The Morgan fingerprint density at radius 2 is 1.64 bits per heavy atom. The third-order valence-electron chi connectivity index (χ3n) is 1.70. The number of nitrogens with two attached hydrogens (primary N) is 1. The van der Waals surface area contributed by atoms with Crippen LogP contribution in [0.1, 0.15) is 45.4 Å². The fraction of sp³-hybridized carbons (Fsp3) is 1.00. The van der Waals surface area contributed by atoms with Gasteiger partial charge in [0.05, 0.1) is 11.0 Å². The van der Waals surface area contributed by atoms with Crippen LogP contribution in [0.3, 0.4) is 0 Å². The molecule has 0 fully saturated rings. The summed E-state index contributed by atoms with van der Waals surface area (Å²) in [5.74, 6) is 0.673. The topological polar surface area (TPSA) is 43.1 Å². The van der Waals surface area contributed by atoms with Crippen LogP contribution in [0.4, 0.5) is 0 Å². The Balaban J connectivity index is 2.85. The predicted molar refractivity (Wildman–Crippen MR) is 50.6 cm³/mol. The van der Waals surface area contributed by atoms with Gasteiger partial charge in [-0.1, -0.05) is 39.0 Å². The molecule has 0 aromatic heterocycles. The van der Waals surface area contributed by atoms with E-state index >= 15 is 0 Å². The minimum Gasteiger partial charge on any atom is -0.252 e. The standard InChI is InChI=1S/C8H19NOS/c1-2-3-4-5-6-7-8-11(9)10/h2-9H2,1H3. The molecular weight excluding hydrogens is 158 g/mol. The second-order valence-electron chi connectivity index (χ2n) is 2.85. The first-order valence-electron chi connectivity index (χ1n) is 4.40. The van der Waals surface area contributed by atoms with E-state index in [-0.39, 0.29) is 0 Å². The van der Waals surface area contributed by atoms with Crippen LogP contribution in [0.5, 0.6) is 0 Å². The molecule has 2 nitrogen and oxygen atoms in total. The molecule has 0 aliphatic rings. The summed E-state index contributed by atoms with van der Waals surface area (Å²) < 4.78 is 10.4. The van der Waals surface area contributed by atoms with E-state index in [0.717, 1.165) is 6.42 Å². The highest BCUT2D eigenvalue weighted by molar-refractivity contribution is 7.82. The molecule has 0 radical (unpaired) electrons. The van der Waals surface area contributed by atoms with Gasteiger partial charge in [0.15, 0.2) is 0 Å². The Hall–Kier alpha value is 0.110. The van der Waals surface area contributed by atoms with E-state index in [1.165, 1.54) is 32.1 Å². The lowest BCUT2D eigenvalue weighted by Crippen LogP contribution is -2.06. The minimum absolute atomic E-state index is 0.673. The Labute approximate surface area is 72.1 Å². The van der Waals surface area contributed by atoms with Crippen molar-refractivity contribution in [1.82, 2.24) is 0 Å². The zero-order valence-electron chi connectivity index (χ0n) is 7.34. The lowest BCUT2D eigenvalue weighted by molar-refractivity contribution is 0.622. The van der Waals surface area contributed by atoms with Crippen LogP contribution in [-0.2, 0) is 11.0 Å². The first-order valence-corrected chi connectivity index (χ1v) is 5.78. The van der Waals surface area contributed by atoms with Crippen molar-refractivity contribution in [3.63, 3.8) is 0 Å². The van der Waals surface area contributed by atoms with Gasteiger partial charge in [-0.25, -0.2) is 4.21 Å². The van der Waals surface area contributed by atoms with Crippen molar-refractivity contribution in [3.05, 3.63) is 0 Å². The lowest BCUT2D eigenvalue weighted by atomic mass is 10.1. The molecule has 68 valence electrons. The second-order valence-corrected chi connectivity index (χ2v) is 4.02. The zero-order valence-corrected chi connectivity index (χ0v) is 8.16. The fourth-order valence-electron chi connectivity index (χ4n) is 1.02. The van der Waals surface area contributed by atoms with E-state index in [1.807, 2.05) is 0 Å². The third kappa shape index (κ3) is 10.1. The summed E-state index contributed by atoms with van der Waals surface area (Å²) in [6.07, 6.45) is 7.39. The molecule has 0 saturated carbocycles. The van der Waals surface area contributed by atoms with Crippen molar-refractivity contribution in [3.8, 4) is 0 Å². The van der Waals surface area contributed by atoms with Crippen LogP contribution in [-0.4, -0.2) is 9.96 Å². The molecule has 0 amide bonds. The Morgan fingerprint density at radius 3 is 2.18 bits per heavy atom. The predicted octanol–water partition coefficient (Wildman–Crippen LogP) is 1.97. The highest BCUT2D eigenvalue weighted by atomic mass is 32.2. The van der Waals surface area contributed by atoms with E-state index in [9.17, 15) is 4.21 Å². The van der Waals surface area contributed by atoms with Gasteiger partial charge in [-0.2, -0.15) is 0 Å². The van der Waals surface area contributed by atoms with E-state index in [1.54, 1.807) is 0 Å². The smallest absolute Gasteiger partial charge is 0.0887 e. The van der Waals surface area contributed by atoms with E-state index in [2.05, 4.69) is 6.92 Å². The van der Waals surface area contributed by atoms with Gasteiger partial charge in [0, 0.05) is 5.75 Å². The van der Waals surface area contributed by atoms with E-state index < -0.39 is 11.0 Å². The summed E-state index contributed by atoms with van der Waals surface area (Å²) in [5.41, 5.74) is 0. The van der Waals surface area contributed by atoms with Crippen LogP contribution in [0, 0.1) is 0 Å². The third-order valence-corrected chi connectivity index (χ3v) is 2.39. The maximum Gasteiger partial charge on any atom is 0.0887 e. The summed E-state index contributed by atoms with van der Waals surface area (Å²) in [4.78, 5) is 0. The van der Waals surface area contributed by atoms with Crippen LogP contribution in [0.2, 0.25) is 0 Å². The number of hydrogen-bond acceptors (Lipinski definition) is 1. The zero-order chi connectivity index (χ0) is 8.53. The molecule has 1 unspecified atom stereocenters. The maximum atomic E-state index is 10.4. The van der Waals surface area contributed by atoms with Crippen LogP contribution in [0.15, 0.2) is 0 Å². The highest BCUT2D eigenvalue weighted by Gasteiger charge is 1.92. The number of hydrogen-bond donors (Lipinski definition) is 1. The molecule has 0 aromatic carbocycles. The van der Waals surface area contributed by atoms with Crippen molar-refractivity contribution < 1.29 is 4.21 Å². The van der Waals surface area contributed by atoms with Crippen molar-refractivity contribution in [2.45, 2.75) is 45.4 Å². The van der Waals surface area contributed by atoms with Crippen molar-refractivity contribution >= 4 is 11.0 Å². The monoisotopic (exact) mass is 177 g/mol. The normalized spacial score (nSPS) is 13.3. The quantitative estimate of drug-likeness (QED) is 0.594. The van der Waals surface area contributed by atoms with Crippen LogP contribution >= 0.6 is 0 Å². The highest BCUT2D eigenvalue weighted by Crippen LogP contribution is 2.04. The summed E-state index contributed by atoms with van der Waals surface area (Å²) in [5, 5.41) is 5.11. The molecule has 0 spiro atoms. The van der Waals surface area contributed by atoms with Gasteiger partial charge in [-0.3, -0.25) is 5.14 Å². The van der Waals surface area contributed by atoms with E-state index in [4.69, 9.17) is 5.14 Å². The summed E-state index contributed by atoms with van der Waals surface area (Å²) >= 11 is 0. The minimum atomic E-state index is -1.07. The average molecular weight is 177 g/mol. The summed E-state index contributed by atoms with van der Waals surface area (Å²) in [7, 11) is -1.07. The molecule has 0 aromatic rings. The SMILES string of the molecule is CCCCCCCCS(N)=O. The molecule has 0 rings (SSSR count). The number of unbranched alkanes of at least 4 members (excludes halogenated alkanes) is 5. The first-order chi connectivity index (χ1) is 5.27. The van der Waals surface area contributed by atoms with E-state index in [0.29, 0.717) is 5.75 Å². The van der Waals surface area contributed by atoms with Crippen molar-refractivity contribution in [1.29, 1.82) is 0 Å². The molecule has 0 saturated heterocycles. The molecule has 0 aliphatic heterocycles. The van der Waals surface area contributed by atoms with Gasteiger partial charge >= 0.3 is 0 Å². The van der Waals surface area contributed by atoms with Gasteiger partial charge in [-0.05, 0) is 6.42 Å². The first kappa shape index (κ1) is 11.1. The molecule has 11 heavy (non-hydrogen) atoms. The fourth-order valence-corrected chi connectivity index (χ4v) is 1.51. The van der Waals surface area contributed by atoms with Crippen LogP contribution in [0.25, 0.3) is 0 Å². The second kappa shape index (κ2) is 8.21. The Kier molecular flexibility index (Phi) is 8.29. The van der Waals surface area contributed by atoms with Gasteiger partial charge < -0.3 is 0 Å². The lowest BCUT2D eigenvalue weighted by Gasteiger charge is -1.97. The van der Waals surface area contributed by atoms with Crippen molar-refractivity contribution in [2.24, 2.45) is 5.14 Å². The molecular formula is C8H19NOS. The Morgan fingerprint density at radius 1 is 1.09 bits per heavy atom. The summed E-state index contributed by atoms with van der Waals surface area (Å²) in [6, 6.07) is 0. The van der Waals surface area contributed by atoms with Gasteiger partial charge in [0.25, 0.3) is 0 Å². The largest absolute Gasteiger partial charge is 0.252 e.